The maximum absolute atomic E-state index is 2.40. The number of hydrogen-bond acceptors (Lipinski definition) is 1. The molecule has 0 N–H and O–H groups in total. The Labute approximate surface area is 96.5 Å². The third kappa shape index (κ3) is 1.23. The standard InChI is InChI=1S/C14H18N2/c1-14(15(2)3)9-12-6-4-5-11-7-8-16(10-14)13(11)12/h4-8H,9-10H2,1-3H3. The van der Waals surface area contributed by atoms with Gasteiger partial charge in [-0.1, -0.05) is 18.2 Å². The fraction of sp³-hybridized carbons (Fsp3) is 0.429. The molecule has 3 rings (SSSR count). The number of rotatable bonds is 1. The van der Waals surface area contributed by atoms with Gasteiger partial charge >= 0.3 is 0 Å². The number of aromatic nitrogens is 1. The Morgan fingerprint density at radius 1 is 1.25 bits per heavy atom. The van der Waals surface area contributed by atoms with E-state index < -0.39 is 0 Å². The number of hydrogen-bond donors (Lipinski definition) is 0. The summed E-state index contributed by atoms with van der Waals surface area (Å²) in [5, 5.41) is 1.37. The minimum absolute atomic E-state index is 0.236. The van der Waals surface area contributed by atoms with Crippen LogP contribution in [0, 0.1) is 0 Å². The quantitative estimate of drug-likeness (QED) is 0.708. The SMILES string of the molecule is CN(C)C1(C)Cc2cccc3ccn(c23)C1. The van der Waals surface area contributed by atoms with Crippen LogP contribution in [0.2, 0.25) is 0 Å². The molecule has 0 bridgehead atoms. The van der Waals surface area contributed by atoms with Gasteiger partial charge in [-0.2, -0.15) is 0 Å². The van der Waals surface area contributed by atoms with E-state index in [9.17, 15) is 0 Å². The molecule has 1 unspecified atom stereocenters. The molecule has 84 valence electrons. The Morgan fingerprint density at radius 3 is 2.81 bits per heavy atom. The summed E-state index contributed by atoms with van der Waals surface area (Å²) in [5.41, 5.74) is 3.15. The summed E-state index contributed by atoms with van der Waals surface area (Å²) < 4.78 is 2.40. The molecule has 0 spiro atoms. The lowest BCUT2D eigenvalue weighted by atomic mass is 9.88. The van der Waals surface area contributed by atoms with Gasteiger partial charge in [-0.3, -0.25) is 0 Å². The number of benzene rings is 1. The maximum atomic E-state index is 2.40. The minimum Gasteiger partial charge on any atom is -0.345 e. The Morgan fingerprint density at radius 2 is 2.06 bits per heavy atom. The van der Waals surface area contributed by atoms with Crippen molar-refractivity contribution >= 4 is 10.9 Å². The Bertz CT molecular complexity index is 539. The first-order valence-corrected chi connectivity index (χ1v) is 5.84. The molecule has 1 aromatic heterocycles. The zero-order chi connectivity index (χ0) is 11.3. The molecule has 0 saturated heterocycles. The van der Waals surface area contributed by atoms with Crippen LogP contribution in [0.1, 0.15) is 12.5 Å². The molecule has 1 aliphatic heterocycles. The third-order valence-electron chi connectivity index (χ3n) is 4.03. The summed E-state index contributed by atoms with van der Waals surface area (Å²) in [6.07, 6.45) is 3.36. The largest absolute Gasteiger partial charge is 0.345 e. The molecule has 0 saturated carbocycles. The van der Waals surface area contributed by atoms with E-state index in [1.807, 2.05) is 0 Å². The van der Waals surface area contributed by atoms with Gasteiger partial charge in [0.15, 0.2) is 0 Å². The maximum Gasteiger partial charge on any atom is 0.0514 e. The first-order valence-electron chi connectivity index (χ1n) is 5.84. The van der Waals surface area contributed by atoms with Gasteiger partial charge in [0, 0.05) is 18.3 Å². The second-order valence-corrected chi connectivity index (χ2v) is 5.37. The normalized spacial score (nSPS) is 24.2. The van der Waals surface area contributed by atoms with Crippen molar-refractivity contribution in [2.24, 2.45) is 0 Å². The second kappa shape index (κ2) is 3.11. The van der Waals surface area contributed by atoms with E-state index in [1.165, 1.54) is 16.5 Å². The zero-order valence-corrected chi connectivity index (χ0v) is 10.2. The highest BCUT2D eigenvalue weighted by Crippen LogP contribution is 2.32. The first-order chi connectivity index (χ1) is 7.60. The van der Waals surface area contributed by atoms with Crippen LogP contribution in [0.25, 0.3) is 10.9 Å². The molecule has 2 nitrogen and oxygen atoms in total. The number of para-hydroxylation sites is 1. The van der Waals surface area contributed by atoms with Crippen LogP contribution in [0.4, 0.5) is 0 Å². The molecule has 16 heavy (non-hydrogen) atoms. The fourth-order valence-electron chi connectivity index (χ4n) is 2.75. The lowest BCUT2D eigenvalue weighted by Crippen LogP contribution is -2.48. The average Bonchev–Trinajstić information content (AvgIpc) is 2.63. The molecule has 2 heterocycles. The van der Waals surface area contributed by atoms with Crippen LogP contribution in [0.3, 0.4) is 0 Å². The molecular formula is C14H18N2. The zero-order valence-electron chi connectivity index (χ0n) is 10.2. The molecule has 1 aliphatic rings. The van der Waals surface area contributed by atoms with Crippen LogP contribution in [0.15, 0.2) is 30.5 Å². The van der Waals surface area contributed by atoms with E-state index in [-0.39, 0.29) is 5.54 Å². The predicted molar refractivity (Wildman–Crippen MR) is 67.7 cm³/mol. The van der Waals surface area contributed by atoms with E-state index in [0.29, 0.717) is 0 Å². The highest BCUT2D eigenvalue weighted by atomic mass is 15.2. The average molecular weight is 214 g/mol. The van der Waals surface area contributed by atoms with Gasteiger partial charge in [0.25, 0.3) is 0 Å². The number of likely N-dealkylation sites (N-methyl/N-ethyl adjacent to an activating group) is 1. The first kappa shape index (κ1) is 9.91. The number of nitrogens with zero attached hydrogens (tertiary/aromatic N) is 2. The molecule has 2 heteroatoms. The summed E-state index contributed by atoms with van der Waals surface area (Å²) in [6, 6.07) is 8.86. The summed E-state index contributed by atoms with van der Waals surface area (Å²) in [5.74, 6) is 0. The molecule has 1 atom stereocenters. The van der Waals surface area contributed by atoms with Gasteiger partial charge in [0.05, 0.1) is 5.52 Å². The van der Waals surface area contributed by atoms with Crippen molar-refractivity contribution in [2.45, 2.75) is 25.4 Å². The van der Waals surface area contributed by atoms with Crippen molar-refractivity contribution in [1.29, 1.82) is 0 Å². The van der Waals surface area contributed by atoms with E-state index in [4.69, 9.17) is 0 Å². The third-order valence-corrected chi connectivity index (χ3v) is 4.03. The van der Waals surface area contributed by atoms with Crippen LogP contribution in [-0.2, 0) is 13.0 Å². The monoisotopic (exact) mass is 214 g/mol. The van der Waals surface area contributed by atoms with Crippen molar-refractivity contribution in [2.75, 3.05) is 14.1 Å². The molecule has 0 fully saturated rings. The highest BCUT2D eigenvalue weighted by molar-refractivity contribution is 5.84. The van der Waals surface area contributed by atoms with E-state index in [0.717, 1.165) is 13.0 Å². The van der Waals surface area contributed by atoms with Gasteiger partial charge in [-0.25, -0.2) is 0 Å². The van der Waals surface area contributed by atoms with E-state index >= 15 is 0 Å². The summed E-state index contributed by atoms with van der Waals surface area (Å²) in [4.78, 5) is 2.34. The predicted octanol–water partition coefficient (Wildman–Crippen LogP) is 2.52. The van der Waals surface area contributed by atoms with Crippen molar-refractivity contribution in [3.63, 3.8) is 0 Å². The fourth-order valence-corrected chi connectivity index (χ4v) is 2.75. The van der Waals surface area contributed by atoms with Crippen LogP contribution >= 0.6 is 0 Å². The van der Waals surface area contributed by atoms with Gasteiger partial charge < -0.3 is 9.47 Å². The van der Waals surface area contributed by atoms with Crippen molar-refractivity contribution in [1.82, 2.24) is 9.47 Å². The molecule has 0 aliphatic carbocycles. The van der Waals surface area contributed by atoms with Crippen LogP contribution in [0.5, 0.6) is 0 Å². The molecule has 2 aromatic rings. The van der Waals surface area contributed by atoms with Crippen molar-refractivity contribution in [3.8, 4) is 0 Å². The summed E-state index contributed by atoms with van der Waals surface area (Å²) >= 11 is 0. The van der Waals surface area contributed by atoms with Gasteiger partial charge in [0.1, 0.15) is 0 Å². The smallest absolute Gasteiger partial charge is 0.0514 e. The van der Waals surface area contributed by atoms with Gasteiger partial charge in [-0.05, 0) is 44.5 Å². The molecule has 0 radical (unpaired) electrons. The Kier molecular flexibility index (Phi) is 1.93. The van der Waals surface area contributed by atoms with Crippen LogP contribution < -0.4 is 0 Å². The van der Waals surface area contributed by atoms with Crippen molar-refractivity contribution < 1.29 is 0 Å². The van der Waals surface area contributed by atoms with Crippen molar-refractivity contribution in [3.05, 3.63) is 36.0 Å². The van der Waals surface area contributed by atoms with Crippen LogP contribution in [-0.4, -0.2) is 29.1 Å². The lowest BCUT2D eigenvalue weighted by Gasteiger charge is -2.40. The summed E-state index contributed by atoms with van der Waals surface area (Å²) in [7, 11) is 4.35. The van der Waals surface area contributed by atoms with E-state index in [2.05, 4.69) is 60.9 Å². The van der Waals surface area contributed by atoms with E-state index in [1.54, 1.807) is 0 Å². The molecule has 1 aromatic carbocycles. The summed E-state index contributed by atoms with van der Waals surface area (Å²) in [6.45, 7) is 3.43. The topological polar surface area (TPSA) is 8.17 Å². The molecular weight excluding hydrogens is 196 g/mol. The molecule has 0 amide bonds. The highest BCUT2D eigenvalue weighted by Gasteiger charge is 2.32. The van der Waals surface area contributed by atoms with Gasteiger partial charge in [0.2, 0.25) is 0 Å². The second-order valence-electron chi connectivity index (χ2n) is 5.37. The Hall–Kier alpha value is -1.28. The van der Waals surface area contributed by atoms with Gasteiger partial charge in [-0.15, -0.1) is 0 Å². The Balaban J connectivity index is 2.20. The lowest BCUT2D eigenvalue weighted by molar-refractivity contribution is 0.144. The minimum atomic E-state index is 0.236.